The minimum absolute atomic E-state index is 0.808. The summed E-state index contributed by atoms with van der Waals surface area (Å²) in [4.78, 5) is 4.16. The zero-order valence-corrected chi connectivity index (χ0v) is 15.1. The molecule has 0 saturated heterocycles. The summed E-state index contributed by atoms with van der Waals surface area (Å²) in [6.45, 7) is 9.25. The minimum atomic E-state index is 0.808. The van der Waals surface area contributed by atoms with Gasteiger partial charge in [0, 0.05) is 40.4 Å². The lowest BCUT2D eigenvalue weighted by atomic mass is 10.1. The Labute approximate surface area is 149 Å². The van der Waals surface area contributed by atoms with Crippen molar-refractivity contribution in [1.82, 2.24) is 9.55 Å². The summed E-state index contributed by atoms with van der Waals surface area (Å²) in [6.07, 6.45) is 7.52. The molecule has 2 aromatic carbocycles. The number of nitrogens with two attached hydrogens (primary N) is 1. The predicted octanol–water partition coefficient (Wildman–Crippen LogP) is 5.98. The van der Waals surface area contributed by atoms with Gasteiger partial charge in [-0.1, -0.05) is 44.2 Å². The SMILES string of the molecule is C=CC.CC.Nc1ccc(-n2ccc3cnccc32)c2ccccc12. The normalized spacial score (nSPS) is 9.72. The summed E-state index contributed by atoms with van der Waals surface area (Å²) in [5.74, 6) is 0. The second-order valence-corrected chi connectivity index (χ2v) is 5.25. The highest BCUT2D eigenvalue weighted by molar-refractivity contribution is 5.99. The summed E-state index contributed by atoms with van der Waals surface area (Å²) in [5.41, 5.74) is 9.16. The van der Waals surface area contributed by atoms with E-state index in [-0.39, 0.29) is 0 Å². The highest BCUT2D eigenvalue weighted by atomic mass is 15.0. The Morgan fingerprint density at radius 3 is 2.40 bits per heavy atom. The molecule has 3 heteroatoms. The van der Waals surface area contributed by atoms with Crippen molar-refractivity contribution < 1.29 is 0 Å². The van der Waals surface area contributed by atoms with Crippen LogP contribution in [0.25, 0.3) is 27.4 Å². The van der Waals surface area contributed by atoms with Gasteiger partial charge in [-0.3, -0.25) is 4.98 Å². The van der Waals surface area contributed by atoms with Crippen LogP contribution in [-0.4, -0.2) is 9.55 Å². The van der Waals surface area contributed by atoms with Crippen LogP contribution in [-0.2, 0) is 0 Å². The molecule has 2 N–H and O–H groups in total. The second-order valence-electron chi connectivity index (χ2n) is 5.25. The molecule has 0 unspecified atom stereocenters. The maximum Gasteiger partial charge on any atom is 0.0559 e. The predicted molar refractivity (Wildman–Crippen MR) is 110 cm³/mol. The third-order valence-electron chi connectivity index (χ3n) is 3.68. The molecule has 0 bridgehead atoms. The number of allylic oxidation sites excluding steroid dienone is 1. The van der Waals surface area contributed by atoms with E-state index in [0.717, 1.165) is 33.1 Å². The minimum Gasteiger partial charge on any atom is -0.398 e. The number of nitrogen functional groups attached to an aromatic ring is 1. The highest BCUT2D eigenvalue weighted by Crippen LogP contribution is 2.29. The average molecular weight is 331 g/mol. The maximum absolute atomic E-state index is 6.07. The van der Waals surface area contributed by atoms with Gasteiger partial charge in [0.05, 0.1) is 11.2 Å². The Morgan fingerprint density at radius 1 is 1.00 bits per heavy atom. The largest absolute Gasteiger partial charge is 0.398 e. The van der Waals surface area contributed by atoms with Crippen LogP contribution in [0, 0.1) is 0 Å². The zero-order valence-electron chi connectivity index (χ0n) is 15.1. The molecule has 4 aromatic rings. The molecule has 2 aromatic heterocycles. The number of pyridine rings is 1. The highest BCUT2D eigenvalue weighted by Gasteiger charge is 2.08. The van der Waals surface area contributed by atoms with E-state index in [4.69, 9.17) is 5.73 Å². The lowest BCUT2D eigenvalue weighted by molar-refractivity contribution is 1.14. The maximum atomic E-state index is 6.07. The Hall–Kier alpha value is -3.07. The van der Waals surface area contributed by atoms with Gasteiger partial charge in [0.1, 0.15) is 0 Å². The average Bonchev–Trinajstić information content (AvgIpc) is 3.09. The van der Waals surface area contributed by atoms with Gasteiger partial charge in [-0.2, -0.15) is 0 Å². The fourth-order valence-corrected chi connectivity index (χ4v) is 2.71. The second kappa shape index (κ2) is 8.69. The first kappa shape index (κ1) is 18.3. The number of hydrogen-bond donors (Lipinski definition) is 1. The number of hydrogen-bond acceptors (Lipinski definition) is 2. The van der Waals surface area contributed by atoms with Gasteiger partial charge in [-0.15, -0.1) is 6.58 Å². The van der Waals surface area contributed by atoms with Crippen LogP contribution in [0.15, 0.2) is 79.8 Å². The number of nitrogens with zero attached hydrogens (tertiary/aromatic N) is 2. The van der Waals surface area contributed by atoms with Crippen LogP contribution < -0.4 is 5.73 Å². The number of fused-ring (bicyclic) bond motifs is 2. The van der Waals surface area contributed by atoms with Crippen LogP contribution in [0.5, 0.6) is 0 Å². The van der Waals surface area contributed by atoms with Crippen molar-refractivity contribution >= 4 is 27.4 Å². The molecule has 2 heterocycles. The summed E-state index contributed by atoms with van der Waals surface area (Å²) in [5, 5.41) is 3.37. The fourth-order valence-electron chi connectivity index (χ4n) is 2.71. The van der Waals surface area contributed by atoms with E-state index in [1.807, 2.05) is 57.4 Å². The number of anilines is 1. The van der Waals surface area contributed by atoms with Crippen molar-refractivity contribution in [3.8, 4) is 5.69 Å². The van der Waals surface area contributed by atoms with Crippen molar-refractivity contribution in [3.63, 3.8) is 0 Å². The van der Waals surface area contributed by atoms with E-state index in [2.05, 4.69) is 46.6 Å². The van der Waals surface area contributed by atoms with E-state index in [1.165, 1.54) is 0 Å². The number of rotatable bonds is 1. The van der Waals surface area contributed by atoms with E-state index < -0.39 is 0 Å². The Kier molecular flexibility index (Phi) is 6.35. The lowest BCUT2D eigenvalue weighted by Crippen LogP contribution is -1.95. The van der Waals surface area contributed by atoms with Gasteiger partial charge in [0.15, 0.2) is 0 Å². The molecule has 4 rings (SSSR count). The quantitative estimate of drug-likeness (QED) is 0.344. The molecule has 0 spiro atoms. The molecule has 0 atom stereocenters. The molecule has 0 fully saturated rings. The Balaban J connectivity index is 0.000000410. The van der Waals surface area contributed by atoms with Gasteiger partial charge in [0.25, 0.3) is 0 Å². The molecular weight excluding hydrogens is 306 g/mol. The van der Waals surface area contributed by atoms with E-state index in [9.17, 15) is 0 Å². The van der Waals surface area contributed by atoms with Gasteiger partial charge >= 0.3 is 0 Å². The molecule has 0 aliphatic carbocycles. The molecular formula is C22H25N3. The van der Waals surface area contributed by atoms with Crippen molar-refractivity contribution in [1.29, 1.82) is 0 Å². The summed E-state index contributed by atoms with van der Waals surface area (Å²) < 4.78 is 2.18. The van der Waals surface area contributed by atoms with Crippen LogP contribution in [0.2, 0.25) is 0 Å². The first-order valence-electron chi connectivity index (χ1n) is 8.52. The van der Waals surface area contributed by atoms with E-state index in [0.29, 0.717) is 0 Å². The van der Waals surface area contributed by atoms with Gasteiger partial charge in [0.2, 0.25) is 0 Å². The first-order valence-corrected chi connectivity index (χ1v) is 8.52. The third kappa shape index (κ3) is 3.72. The monoisotopic (exact) mass is 331 g/mol. The van der Waals surface area contributed by atoms with Crippen molar-refractivity contribution in [2.24, 2.45) is 0 Å². The number of aromatic nitrogens is 2. The summed E-state index contributed by atoms with van der Waals surface area (Å²) >= 11 is 0. The third-order valence-corrected chi connectivity index (χ3v) is 3.68. The Bertz CT molecular complexity index is 967. The van der Waals surface area contributed by atoms with Crippen LogP contribution >= 0.6 is 0 Å². The van der Waals surface area contributed by atoms with Gasteiger partial charge < -0.3 is 10.3 Å². The molecule has 25 heavy (non-hydrogen) atoms. The molecule has 128 valence electrons. The number of benzene rings is 2. The molecule has 0 aliphatic rings. The molecule has 0 aliphatic heterocycles. The molecule has 0 amide bonds. The lowest BCUT2D eigenvalue weighted by Gasteiger charge is -2.11. The molecule has 0 radical (unpaired) electrons. The van der Waals surface area contributed by atoms with Crippen molar-refractivity contribution in [3.05, 3.63) is 79.8 Å². The Morgan fingerprint density at radius 2 is 1.68 bits per heavy atom. The molecule has 3 nitrogen and oxygen atoms in total. The molecule has 0 saturated carbocycles. The van der Waals surface area contributed by atoms with Gasteiger partial charge in [-0.05, 0) is 31.2 Å². The van der Waals surface area contributed by atoms with E-state index in [1.54, 1.807) is 6.08 Å². The van der Waals surface area contributed by atoms with Crippen molar-refractivity contribution in [2.75, 3.05) is 5.73 Å². The smallest absolute Gasteiger partial charge is 0.0559 e. The standard InChI is InChI=1S/C17H13N3.C3H6.C2H6/c18-15-5-6-17(14-4-2-1-3-13(14)15)20-10-8-12-11-19-9-7-16(12)20;1-3-2;1-2/h1-11H,18H2;3H,1H2,2H3;1-2H3. The topological polar surface area (TPSA) is 43.8 Å². The van der Waals surface area contributed by atoms with Crippen LogP contribution in [0.4, 0.5) is 5.69 Å². The first-order chi connectivity index (χ1) is 12.3. The summed E-state index contributed by atoms with van der Waals surface area (Å²) in [7, 11) is 0. The zero-order chi connectivity index (χ0) is 18.2. The summed E-state index contributed by atoms with van der Waals surface area (Å²) in [6, 6.07) is 16.4. The fraction of sp³-hybridized carbons (Fsp3) is 0.136. The van der Waals surface area contributed by atoms with Crippen LogP contribution in [0.3, 0.4) is 0 Å². The van der Waals surface area contributed by atoms with Gasteiger partial charge in [-0.25, -0.2) is 0 Å². The van der Waals surface area contributed by atoms with Crippen LogP contribution in [0.1, 0.15) is 20.8 Å². The van der Waals surface area contributed by atoms with Crippen molar-refractivity contribution in [2.45, 2.75) is 20.8 Å². The van der Waals surface area contributed by atoms with E-state index >= 15 is 0 Å².